The van der Waals surface area contributed by atoms with Gasteiger partial charge in [-0.2, -0.15) is 0 Å². The van der Waals surface area contributed by atoms with Gasteiger partial charge in [0.15, 0.2) is 0 Å². The number of aryl methyl sites for hydroxylation is 1. The minimum absolute atomic E-state index is 0.0125. The number of benzene rings is 1. The Balaban J connectivity index is 2.16. The minimum atomic E-state index is -0.481. The second-order valence-electron chi connectivity index (χ2n) is 4.03. The van der Waals surface area contributed by atoms with Gasteiger partial charge in [-0.15, -0.1) is 0 Å². The second-order valence-corrected chi connectivity index (χ2v) is 4.03. The molecule has 3 nitrogen and oxygen atoms in total. The molecule has 0 amide bonds. The Morgan fingerprint density at radius 2 is 2.00 bits per heavy atom. The standard InChI is InChI=1S/C15H14O3/c1-11-10-14(16)13(15(17)18-11)9-5-8-12-6-3-2-4-7-12/h2-8,10,16H,9H2,1H3. The molecule has 0 saturated heterocycles. The van der Waals surface area contributed by atoms with Gasteiger partial charge in [0.2, 0.25) is 0 Å². The Morgan fingerprint density at radius 3 is 2.67 bits per heavy atom. The van der Waals surface area contributed by atoms with Gasteiger partial charge in [0, 0.05) is 12.5 Å². The topological polar surface area (TPSA) is 50.4 Å². The van der Waals surface area contributed by atoms with Gasteiger partial charge in [0.1, 0.15) is 11.5 Å². The van der Waals surface area contributed by atoms with Gasteiger partial charge in [-0.05, 0) is 12.5 Å². The Bertz CT molecular complexity index is 609. The molecular formula is C15H14O3. The van der Waals surface area contributed by atoms with Gasteiger partial charge in [0.05, 0.1) is 5.56 Å². The summed E-state index contributed by atoms with van der Waals surface area (Å²) in [7, 11) is 0. The highest BCUT2D eigenvalue weighted by Gasteiger charge is 2.07. The molecule has 1 heterocycles. The maximum absolute atomic E-state index is 11.5. The number of aromatic hydroxyl groups is 1. The molecule has 3 heteroatoms. The predicted octanol–water partition coefficient (Wildman–Crippen LogP) is 2.91. The molecule has 0 saturated carbocycles. The minimum Gasteiger partial charge on any atom is -0.507 e. The van der Waals surface area contributed by atoms with Crippen LogP contribution in [0.2, 0.25) is 0 Å². The van der Waals surface area contributed by atoms with Gasteiger partial charge in [-0.1, -0.05) is 42.5 Å². The molecule has 0 aliphatic carbocycles. The maximum Gasteiger partial charge on any atom is 0.343 e. The van der Waals surface area contributed by atoms with Crippen molar-refractivity contribution in [1.29, 1.82) is 0 Å². The summed E-state index contributed by atoms with van der Waals surface area (Å²) in [5.41, 5.74) is 0.853. The molecule has 0 atom stereocenters. The molecule has 0 aliphatic rings. The summed E-state index contributed by atoms with van der Waals surface area (Å²) in [4.78, 5) is 11.5. The zero-order chi connectivity index (χ0) is 13.0. The molecule has 0 bridgehead atoms. The lowest BCUT2D eigenvalue weighted by Crippen LogP contribution is -2.07. The normalized spacial score (nSPS) is 10.9. The number of hydrogen-bond donors (Lipinski definition) is 1. The van der Waals surface area contributed by atoms with Crippen LogP contribution in [0.1, 0.15) is 16.9 Å². The molecule has 0 aliphatic heterocycles. The molecule has 92 valence electrons. The molecule has 2 rings (SSSR count). The molecular weight excluding hydrogens is 228 g/mol. The van der Waals surface area contributed by atoms with Crippen LogP contribution in [0.5, 0.6) is 5.75 Å². The molecule has 1 N–H and O–H groups in total. The van der Waals surface area contributed by atoms with Crippen LogP contribution in [0.15, 0.2) is 51.7 Å². The van der Waals surface area contributed by atoms with Gasteiger partial charge < -0.3 is 9.52 Å². The third-order valence-corrected chi connectivity index (χ3v) is 2.58. The first-order chi connectivity index (χ1) is 8.66. The number of allylic oxidation sites excluding steroid dienone is 1. The molecule has 0 fully saturated rings. The van der Waals surface area contributed by atoms with Gasteiger partial charge >= 0.3 is 5.63 Å². The molecule has 1 aromatic carbocycles. The molecule has 1 aromatic heterocycles. The van der Waals surface area contributed by atoms with E-state index in [0.29, 0.717) is 12.2 Å². The summed E-state index contributed by atoms with van der Waals surface area (Å²) in [6.07, 6.45) is 4.08. The Labute approximate surface area is 105 Å². The highest BCUT2D eigenvalue weighted by molar-refractivity contribution is 5.49. The second kappa shape index (κ2) is 5.36. The first kappa shape index (κ1) is 12.2. The van der Waals surface area contributed by atoms with E-state index in [1.54, 1.807) is 6.92 Å². The van der Waals surface area contributed by atoms with Crippen LogP contribution < -0.4 is 5.63 Å². The summed E-state index contributed by atoms with van der Waals surface area (Å²) in [6.45, 7) is 1.63. The lowest BCUT2D eigenvalue weighted by molar-refractivity contribution is 0.425. The van der Waals surface area contributed by atoms with Crippen LogP contribution in [0.3, 0.4) is 0 Å². The van der Waals surface area contributed by atoms with Crippen LogP contribution >= 0.6 is 0 Å². The third-order valence-electron chi connectivity index (χ3n) is 2.58. The molecule has 2 aromatic rings. The molecule has 0 radical (unpaired) electrons. The van der Waals surface area contributed by atoms with E-state index in [1.165, 1.54) is 6.07 Å². The van der Waals surface area contributed by atoms with Gasteiger partial charge in [0.25, 0.3) is 0 Å². The highest BCUT2D eigenvalue weighted by atomic mass is 16.4. The Hall–Kier alpha value is -2.29. The van der Waals surface area contributed by atoms with Crippen molar-refractivity contribution >= 4 is 6.08 Å². The van der Waals surface area contributed by atoms with Crippen LogP contribution in [0.25, 0.3) is 6.08 Å². The van der Waals surface area contributed by atoms with Crippen molar-refractivity contribution in [3.8, 4) is 5.75 Å². The average molecular weight is 242 g/mol. The van der Waals surface area contributed by atoms with Gasteiger partial charge in [-0.25, -0.2) is 4.79 Å². The van der Waals surface area contributed by atoms with Crippen molar-refractivity contribution in [3.05, 3.63) is 69.8 Å². The average Bonchev–Trinajstić information content (AvgIpc) is 2.34. The zero-order valence-electron chi connectivity index (χ0n) is 10.1. The van der Waals surface area contributed by atoms with Crippen LogP contribution in [0, 0.1) is 6.92 Å². The van der Waals surface area contributed by atoms with E-state index in [9.17, 15) is 9.90 Å². The van der Waals surface area contributed by atoms with E-state index in [4.69, 9.17) is 4.42 Å². The largest absolute Gasteiger partial charge is 0.507 e. The van der Waals surface area contributed by atoms with E-state index in [0.717, 1.165) is 5.56 Å². The summed E-state index contributed by atoms with van der Waals surface area (Å²) < 4.78 is 4.94. The van der Waals surface area contributed by atoms with E-state index >= 15 is 0 Å². The van der Waals surface area contributed by atoms with Crippen LogP contribution in [-0.4, -0.2) is 5.11 Å². The first-order valence-electron chi connectivity index (χ1n) is 5.71. The predicted molar refractivity (Wildman–Crippen MR) is 70.6 cm³/mol. The van der Waals surface area contributed by atoms with Crippen molar-refractivity contribution in [2.75, 3.05) is 0 Å². The number of rotatable bonds is 3. The maximum atomic E-state index is 11.5. The molecule has 0 unspecified atom stereocenters. The third kappa shape index (κ3) is 2.88. The van der Waals surface area contributed by atoms with E-state index in [-0.39, 0.29) is 11.3 Å². The van der Waals surface area contributed by atoms with Gasteiger partial charge in [-0.3, -0.25) is 0 Å². The summed E-state index contributed by atoms with van der Waals surface area (Å²) in [5.74, 6) is 0.398. The van der Waals surface area contributed by atoms with Crippen LogP contribution in [-0.2, 0) is 6.42 Å². The smallest absolute Gasteiger partial charge is 0.343 e. The molecule has 18 heavy (non-hydrogen) atoms. The Kier molecular flexibility index (Phi) is 3.63. The summed E-state index contributed by atoms with van der Waals surface area (Å²) >= 11 is 0. The summed E-state index contributed by atoms with van der Waals surface area (Å²) in [6, 6.07) is 11.2. The van der Waals surface area contributed by atoms with Crippen molar-refractivity contribution in [2.45, 2.75) is 13.3 Å². The first-order valence-corrected chi connectivity index (χ1v) is 5.71. The van der Waals surface area contributed by atoms with Crippen LogP contribution in [0.4, 0.5) is 0 Å². The SMILES string of the molecule is Cc1cc(O)c(CC=Cc2ccccc2)c(=O)o1. The quantitative estimate of drug-likeness (QED) is 0.900. The fraction of sp³-hybridized carbons (Fsp3) is 0.133. The van der Waals surface area contributed by atoms with E-state index in [2.05, 4.69) is 0 Å². The highest BCUT2D eigenvalue weighted by Crippen LogP contribution is 2.15. The molecule has 0 spiro atoms. The lowest BCUT2D eigenvalue weighted by Gasteiger charge is -2.00. The fourth-order valence-corrected chi connectivity index (χ4v) is 1.69. The van der Waals surface area contributed by atoms with E-state index in [1.807, 2.05) is 42.5 Å². The monoisotopic (exact) mass is 242 g/mol. The summed E-state index contributed by atoms with van der Waals surface area (Å²) in [5, 5.41) is 9.68. The van der Waals surface area contributed by atoms with E-state index < -0.39 is 5.63 Å². The zero-order valence-corrected chi connectivity index (χ0v) is 10.1. The fourth-order valence-electron chi connectivity index (χ4n) is 1.69. The van der Waals surface area contributed by atoms with Crippen molar-refractivity contribution in [1.82, 2.24) is 0 Å². The van der Waals surface area contributed by atoms with Crippen molar-refractivity contribution in [2.24, 2.45) is 0 Å². The van der Waals surface area contributed by atoms with Crippen molar-refractivity contribution < 1.29 is 9.52 Å². The lowest BCUT2D eigenvalue weighted by atomic mass is 10.1. The Morgan fingerprint density at radius 1 is 1.28 bits per heavy atom. The number of hydrogen-bond acceptors (Lipinski definition) is 3. The van der Waals surface area contributed by atoms with Crippen molar-refractivity contribution in [3.63, 3.8) is 0 Å².